The number of methoxy groups -OCH3 is 1. The molecule has 0 bridgehead atoms. The highest BCUT2D eigenvalue weighted by molar-refractivity contribution is 5.83. The van der Waals surface area contributed by atoms with Gasteiger partial charge in [0.05, 0.1) is 19.2 Å². The second-order valence-electron chi connectivity index (χ2n) is 4.51. The molecule has 1 aromatic carbocycles. The van der Waals surface area contributed by atoms with E-state index in [-0.39, 0.29) is 12.6 Å². The van der Waals surface area contributed by atoms with Crippen LogP contribution in [0.3, 0.4) is 0 Å². The number of nitrogens with zero attached hydrogens (tertiary/aromatic N) is 1. The third-order valence-corrected chi connectivity index (χ3v) is 2.70. The molecule has 0 radical (unpaired) electrons. The zero-order valence-electron chi connectivity index (χ0n) is 10.9. The van der Waals surface area contributed by atoms with Gasteiger partial charge in [-0.15, -0.1) is 0 Å². The average Bonchev–Trinajstić information content (AvgIpc) is 2.36. The van der Waals surface area contributed by atoms with Gasteiger partial charge in [-0.25, -0.2) is 4.98 Å². The molecule has 96 valence electrons. The van der Waals surface area contributed by atoms with Crippen LogP contribution in [-0.2, 0) is 6.61 Å². The van der Waals surface area contributed by atoms with Crippen LogP contribution >= 0.6 is 0 Å². The molecule has 0 saturated heterocycles. The molecule has 0 amide bonds. The minimum Gasteiger partial charge on any atom is -0.497 e. The van der Waals surface area contributed by atoms with Gasteiger partial charge in [-0.1, -0.05) is 0 Å². The summed E-state index contributed by atoms with van der Waals surface area (Å²) in [7, 11) is 1.64. The van der Waals surface area contributed by atoms with Gasteiger partial charge in [-0.05, 0) is 38.1 Å². The van der Waals surface area contributed by atoms with Gasteiger partial charge in [-0.3, -0.25) is 0 Å². The summed E-state index contributed by atoms with van der Waals surface area (Å²) in [5.41, 5.74) is 1.68. The molecule has 0 aliphatic heterocycles. The Morgan fingerprint density at radius 2 is 2.11 bits per heavy atom. The normalized spacial score (nSPS) is 10.9. The van der Waals surface area contributed by atoms with Gasteiger partial charge < -0.3 is 15.2 Å². The van der Waals surface area contributed by atoms with Crippen molar-refractivity contribution in [1.82, 2.24) is 4.98 Å². The first kappa shape index (κ1) is 12.6. The largest absolute Gasteiger partial charge is 0.497 e. The molecule has 2 rings (SSSR count). The number of fused-ring (bicyclic) bond motifs is 1. The van der Waals surface area contributed by atoms with E-state index in [1.54, 1.807) is 7.11 Å². The van der Waals surface area contributed by atoms with E-state index in [4.69, 9.17) is 4.74 Å². The minimum atomic E-state index is -0.0325. The summed E-state index contributed by atoms with van der Waals surface area (Å²) in [6.45, 7) is 4.05. The summed E-state index contributed by atoms with van der Waals surface area (Å²) in [5.74, 6) is 1.53. The number of aliphatic hydroxyl groups excluding tert-OH is 1. The second-order valence-corrected chi connectivity index (χ2v) is 4.51. The van der Waals surface area contributed by atoms with E-state index in [1.165, 1.54) is 0 Å². The van der Waals surface area contributed by atoms with E-state index >= 15 is 0 Å². The summed E-state index contributed by atoms with van der Waals surface area (Å²) < 4.78 is 5.18. The van der Waals surface area contributed by atoms with Crippen LogP contribution in [0.25, 0.3) is 10.9 Å². The van der Waals surface area contributed by atoms with Crippen LogP contribution in [0.15, 0.2) is 24.3 Å². The maximum absolute atomic E-state index is 9.41. The summed E-state index contributed by atoms with van der Waals surface area (Å²) >= 11 is 0. The smallest absolute Gasteiger partial charge is 0.132 e. The van der Waals surface area contributed by atoms with Crippen molar-refractivity contribution in [2.24, 2.45) is 0 Å². The third kappa shape index (κ3) is 2.54. The Balaban J connectivity index is 2.53. The molecule has 4 heteroatoms. The highest BCUT2D eigenvalue weighted by atomic mass is 16.5. The van der Waals surface area contributed by atoms with E-state index in [0.717, 1.165) is 28.0 Å². The number of aromatic nitrogens is 1. The number of nitrogens with one attached hydrogen (secondary N) is 1. The maximum atomic E-state index is 9.41. The topological polar surface area (TPSA) is 54.4 Å². The van der Waals surface area contributed by atoms with Crippen LogP contribution in [0.4, 0.5) is 5.82 Å². The monoisotopic (exact) mass is 246 g/mol. The van der Waals surface area contributed by atoms with Gasteiger partial charge in [0.2, 0.25) is 0 Å². The molecule has 1 heterocycles. The van der Waals surface area contributed by atoms with E-state index < -0.39 is 0 Å². The molecule has 18 heavy (non-hydrogen) atoms. The lowest BCUT2D eigenvalue weighted by atomic mass is 10.1. The van der Waals surface area contributed by atoms with Gasteiger partial charge in [0, 0.05) is 17.0 Å². The summed E-state index contributed by atoms with van der Waals surface area (Å²) in [5, 5.41) is 13.6. The number of pyridine rings is 1. The molecule has 0 spiro atoms. The first-order valence-corrected chi connectivity index (χ1v) is 5.99. The number of hydrogen-bond acceptors (Lipinski definition) is 4. The quantitative estimate of drug-likeness (QED) is 0.870. The number of benzene rings is 1. The zero-order valence-corrected chi connectivity index (χ0v) is 10.9. The Morgan fingerprint density at radius 3 is 2.72 bits per heavy atom. The summed E-state index contributed by atoms with van der Waals surface area (Å²) in [6.07, 6.45) is 0. The van der Waals surface area contributed by atoms with E-state index in [1.807, 2.05) is 38.1 Å². The van der Waals surface area contributed by atoms with Crippen molar-refractivity contribution in [3.8, 4) is 5.75 Å². The fraction of sp³-hybridized carbons (Fsp3) is 0.357. The Kier molecular flexibility index (Phi) is 3.67. The number of aliphatic hydroxyl groups is 1. The van der Waals surface area contributed by atoms with Gasteiger partial charge >= 0.3 is 0 Å². The van der Waals surface area contributed by atoms with Gasteiger partial charge in [0.15, 0.2) is 0 Å². The molecule has 2 N–H and O–H groups in total. The molecular weight excluding hydrogens is 228 g/mol. The van der Waals surface area contributed by atoms with Crippen molar-refractivity contribution in [2.75, 3.05) is 12.4 Å². The molecule has 0 unspecified atom stereocenters. The van der Waals surface area contributed by atoms with Crippen LogP contribution in [0, 0.1) is 0 Å². The fourth-order valence-electron chi connectivity index (χ4n) is 1.84. The first-order valence-electron chi connectivity index (χ1n) is 5.99. The van der Waals surface area contributed by atoms with E-state index in [0.29, 0.717) is 0 Å². The van der Waals surface area contributed by atoms with Crippen molar-refractivity contribution in [1.29, 1.82) is 0 Å². The lowest BCUT2D eigenvalue weighted by Crippen LogP contribution is -2.13. The van der Waals surface area contributed by atoms with Crippen molar-refractivity contribution < 1.29 is 9.84 Å². The van der Waals surface area contributed by atoms with E-state index in [9.17, 15) is 5.11 Å². The molecule has 0 saturated carbocycles. The summed E-state index contributed by atoms with van der Waals surface area (Å²) in [6, 6.07) is 7.93. The van der Waals surface area contributed by atoms with Gasteiger partial charge in [0.25, 0.3) is 0 Å². The van der Waals surface area contributed by atoms with Crippen LogP contribution in [0.2, 0.25) is 0 Å². The predicted octanol–water partition coefficient (Wildman–Crippen LogP) is 2.56. The number of hydrogen-bond donors (Lipinski definition) is 2. The van der Waals surface area contributed by atoms with Crippen molar-refractivity contribution in [3.63, 3.8) is 0 Å². The third-order valence-electron chi connectivity index (χ3n) is 2.70. The molecule has 4 nitrogen and oxygen atoms in total. The van der Waals surface area contributed by atoms with Crippen LogP contribution in [0.5, 0.6) is 5.75 Å². The second kappa shape index (κ2) is 5.23. The number of rotatable bonds is 4. The Hall–Kier alpha value is -1.81. The molecule has 0 fully saturated rings. The highest BCUT2D eigenvalue weighted by Crippen LogP contribution is 2.24. The standard InChI is InChI=1S/C14H18N2O2/c1-9(2)15-14-11(8-17)6-10-7-12(18-3)4-5-13(10)16-14/h4-7,9,17H,8H2,1-3H3,(H,15,16). The van der Waals surface area contributed by atoms with Crippen molar-refractivity contribution in [2.45, 2.75) is 26.5 Å². The molecule has 0 aliphatic carbocycles. The van der Waals surface area contributed by atoms with Crippen molar-refractivity contribution >= 4 is 16.7 Å². The van der Waals surface area contributed by atoms with Crippen LogP contribution in [-0.4, -0.2) is 23.2 Å². The molecule has 0 atom stereocenters. The van der Waals surface area contributed by atoms with E-state index in [2.05, 4.69) is 10.3 Å². The summed E-state index contributed by atoms with van der Waals surface area (Å²) in [4.78, 5) is 4.53. The first-order chi connectivity index (χ1) is 8.63. The molecule has 2 aromatic rings. The Labute approximate surface area is 107 Å². The SMILES string of the molecule is COc1ccc2nc(NC(C)C)c(CO)cc2c1. The molecule has 0 aliphatic rings. The highest BCUT2D eigenvalue weighted by Gasteiger charge is 2.08. The Morgan fingerprint density at radius 1 is 1.33 bits per heavy atom. The fourth-order valence-corrected chi connectivity index (χ4v) is 1.84. The average molecular weight is 246 g/mol. The Bertz CT molecular complexity index is 553. The zero-order chi connectivity index (χ0) is 13.1. The van der Waals surface area contributed by atoms with Crippen LogP contribution < -0.4 is 10.1 Å². The number of ether oxygens (including phenoxy) is 1. The van der Waals surface area contributed by atoms with Crippen LogP contribution in [0.1, 0.15) is 19.4 Å². The molecular formula is C14H18N2O2. The number of anilines is 1. The maximum Gasteiger partial charge on any atom is 0.132 e. The van der Waals surface area contributed by atoms with Gasteiger partial charge in [0.1, 0.15) is 11.6 Å². The van der Waals surface area contributed by atoms with Gasteiger partial charge in [-0.2, -0.15) is 0 Å². The lowest BCUT2D eigenvalue weighted by molar-refractivity contribution is 0.282. The van der Waals surface area contributed by atoms with Crippen molar-refractivity contribution in [3.05, 3.63) is 29.8 Å². The minimum absolute atomic E-state index is 0.0325. The molecule has 1 aromatic heterocycles. The lowest BCUT2D eigenvalue weighted by Gasteiger charge is -2.14. The predicted molar refractivity (Wildman–Crippen MR) is 73.0 cm³/mol.